The molecule has 1 saturated heterocycles. The molecule has 2 aromatic rings. The lowest BCUT2D eigenvalue weighted by Gasteiger charge is -2.27. The lowest BCUT2D eigenvalue weighted by Crippen LogP contribution is -2.31. The van der Waals surface area contributed by atoms with E-state index in [4.69, 9.17) is 4.74 Å². The van der Waals surface area contributed by atoms with Crippen LogP contribution in [0.1, 0.15) is 29.2 Å². The van der Waals surface area contributed by atoms with Gasteiger partial charge in [0.1, 0.15) is 17.6 Å². The molecule has 5 nitrogen and oxygen atoms in total. The number of amides is 1. The summed E-state index contributed by atoms with van der Waals surface area (Å²) in [5, 5.41) is 10.1. The van der Waals surface area contributed by atoms with Gasteiger partial charge in [0.25, 0.3) is 5.91 Å². The summed E-state index contributed by atoms with van der Waals surface area (Å²) >= 11 is 0. The summed E-state index contributed by atoms with van der Waals surface area (Å²) in [6.45, 7) is 2.04. The van der Waals surface area contributed by atoms with Crippen LogP contribution in [-0.2, 0) is 11.3 Å². The fourth-order valence-electron chi connectivity index (χ4n) is 3.50. The van der Waals surface area contributed by atoms with Crippen molar-refractivity contribution in [1.82, 2.24) is 4.90 Å². The molecule has 8 heteroatoms. The number of benzene rings is 2. The monoisotopic (exact) mass is 395 g/mol. The number of methoxy groups -OCH3 is 1. The number of carbonyl (C=O) groups is 1. The zero-order valence-electron chi connectivity index (χ0n) is 15.4. The summed E-state index contributed by atoms with van der Waals surface area (Å²) in [6, 6.07) is 10.5. The molecule has 1 amide bonds. The Labute approximate surface area is 160 Å². The maximum atomic E-state index is 12.5. The van der Waals surface area contributed by atoms with E-state index in [2.05, 4.69) is 4.74 Å². The highest BCUT2D eigenvalue weighted by Crippen LogP contribution is 2.40. The van der Waals surface area contributed by atoms with Gasteiger partial charge in [0.15, 0.2) is 0 Å². The minimum absolute atomic E-state index is 0.143. The van der Waals surface area contributed by atoms with E-state index in [0.717, 1.165) is 11.1 Å². The van der Waals surface area contributed by atoms with E-state index in [0.29, 0.717) is 11.3 Å². The Bertz CT molecular complexity index is 852. The van der Waals surface area contributed by atoms with E-state index in [1.54, 1.807) is 6.07 Å². The first-order valence-electron chi connectivity index (χ1n) is 8.66. The van der Waals surface area contributed by atoms with Crippen LogP contribution in [0.3, 0.4) is 0 Å². The van der Waals surface area contributed by atoms with Crippen LogP contribution in [0.5, 0.6) is 11.5 Å². The lowest BCUT2D eigenvalue weighted by atomic mass is 9.97. The van der Waals surface area contributed by atoms with Crippen LogP contribution in [0, 0.1) is 6.92 Å². The van der Waals surface area contributed by atoms with Crippen LogP contribution < -0.4 is 9.47 Å². The average molecular weight is 395 g/mol. The summed E-state index contributed by atoms with van der Waals surface area (Å²) in [4.78, 5) is 14.0. The minimum atomic E-state index is -4.76. The minimum Gasteiger partial charge on any atom is -0.496 e. The van der Waals surface area contributed by atoms with Gasteiger partial charge >= 0.3 is 6.36 Å². The van der Waals surface area contributed by atoms with Crippen molar-refractivity contribution in [1.29, 1.82) is 0 Å². The summed E-state index contributed by atoms with van der Waals surface area (Å²) in [7, 11) is 1.54. The molecule has 0 radical (unpaired) electrons. The van der Waals surface area contributed by atoms with Crippen molar-refractivity contribution in [3.8, 4) is 11.5 Å². The molecule has 28 heavy (non-hydrogen) atoms. The number of aliphatic hydroxyl groups is 1. The van der Waals surface area contributed by atoms with Gasteiger partial charge in [-0.1, -0.05) is 24.3 Å². The van der Waals surface area contributed by atoms with Crippen molar-refractivity contribution in [2.75, 3.05) is 7.11 Å². The smallest absolute Gasteiger partial charge is 0.496 e. The third-order valence-corrected chi connectivity index (χ3v) is 4.74. The van der Waals surface area contributed by atoms with Gasteiger partial charge in [0.05, 0.1) is 13.2 Å². The van der Waals surface area contributed by atoms with Gasteiger partial charge in [-0.05, 0) is 36.2 Å². The van der Waals surface area contributed by atoms with Gasteiger partial charge in [0, 0.05) is 18.5 Å². The molecule has 1 N–H and O–H groups in total. The molecular formula is C20H20F3NO4. The normalized spacial score (nSPS) is 19.8. The molecule has 0 unspecified atom stereocenters. The average Bonchev–Trinajstić information content (AvgIpc) is 2.90. The van der Waals surface area contributed by atoms with Gasteiger partial charge in [-0.25, -0.2) is 0 Å². The zero-order valence-corrected chi connectivity index (χ0v) is 15.4. The second kappa shape index (κ2) is 7.71. The first kappa shape index (κ1) is 20.0. The van der Waals surface area contributed by atoms with Gasteiger partial charge in [-0.15, -0.1) is 13.2 Å². The number of likely N-dealkylation sites (tertiary alicyclic amines) is 1. The Kier molecular flexibility index (Phi) is 5.51. The third kappa shape index (κ3) is 4.22. The van der Waals surface area contributed by atoms with E-state index in [1.807, 2.05) is 19.1 Å². The first-order chi connectivity index (χ1) is 13.2. The predicted molar refractivity (Wildman–Crippen MR) is 94.8 cm³/mol. The number of hydrogen-bond donors (Lipinski definition) is 1. The Hall–Kier alpha value is -2.74. The summed E-state index contributed by atoms with van der Waals surface area (Å²) in [6.07, 6.45) is -5.68. The molecule has 0 spiro atoms. The maximum Gasteiger partial charge on any atom is 0.573 e. The van der Waals surface area contributed by atoms with Gasteiger partial charge < -0.3 is 19.5 Å². The Morgan fingerprint density at radius 3 is 2.46 bits per heavy atom. The number of rotatable bonds is 5. The molecule has 1 fully saturated rings. The van der Waals surface area contributed by atoms with Gasteiger partial charge in [-0.3, -0.25) is 4.79 Å². The number of nitrogens with zero attached hydrogens (tertiary/aromatic N) is 1. The fourth-order valence-corrected chi connectivity index (χ4v) is 3.50. The topological polar surface area (TPSA) is 59.0 Å². The Morgan fingerprint density at radius 1 is 1.18 bits per heavy atom. The van der Waals surface area contributed by atoms with Crippen molar-refractivity contribution in [3.05, 3.63) is 59.2 Å². The standard InChI is InChI=1S/C20H20F3NO4/c1-12-4-3-5-17(27-2)18(12)15-10-16(25)19(26)24(15)11-13-6-8-14(9-7-13)28-20(21,22)23/h3-9,15-16,25H,10-11H2,1-2H3/t15-,16+/m0/s1. The van der Waals surface area contributed by atoms with E-state index in [9.17, 15) is 23.1 Å². The second-order valence-corrected chi connectivity index (χ2v) is 6.62. The van der Waals surface area contributed by atoms with Crippen molar-refractivity contribution >= 4 is 5.91 Å². The number of halogens is 3. The van der Waals surface area contributed by atoms with Crippen LogP contribution in [0.2, 0.25) is 0 Å². The van der Waals surface area contributed by atoms with E-state index >= 15 is 0 Å². The van der Waals surface area contributed by atoms with Gasteiger partial charge in [0.2, 0.25) is 0 Å². The van der Waals surface area contributed by atoms with Crippen molar-refractivity contribution in [2.24, 2.45) is 0 Å². The molecule has 1 aliphatic heterocycles. The van der Waals surface area contributed by atoms with Crippen LogP contribution in [0.25, 0.3) is 0 Å². The van der Waals surface area contributed by atoms with Crippen LogP contribution in [-0.4, -0.2) is 35.5 Å². The third-order valence-electron chi connectivity index (χ3n) is 4.74. The number of aliphatic hydroxyl groups excluding tert-OH is 1. The van der Waals surface area contributed by atoms with E-state index in [1.165, 1.54) is 36.3 Å². The molecule has 1 aliphatic rings. The summed E-state index contributed by atoms with van der Waals surface area (Å²) < 4.78 is 46.2. The van der Waals surface area contributed by atoms with Crippen LogP contribution in [0.15, 0.2) is 42.5 Å². The molecule has 3 rings (SSSR count). The number of alkyl halides is 3. The SMILES string of the molecule is COc1cccc(C)c1[C@@H]1C[C@@H](O)C(=O)N1Cc1ccc(OC(F)(F)F)cc1. The van der Waals surface area contributed by atoms with Gasteiger partial charge in [-0.2, -0.15) is 0 Å². The molecule has 0 saturated carbocycles. The summed E-state index contributed by atoms with van der Waals surface area (Å²) in [5.41, 5.74) is 2.35. The highest BCUT2D eigenvalue weighted by molar-refractivity contribution is 5.84. The van der Waals surface area contributed by atoms with Crippen molar-refractivity contribution in [2.45, 2.75) is 38.4 Å². The largest absolute Gasteiger partial charge is 0.573 e. The lowest BCUT2D eigenvalue weighted by molar-refractivity contribution is -0.274. The molecular weight excluding hydrogens is 375 g/mol. The maximum absolute atomic E-state index is 12.5. The quantitative estimate of drug-likeness (QED) is 0.838. The Balaban J connectivity index is 1.86. The molecule has 0 bridgehead atoms. The molecule has 0 aliphatic carbocycles. The zero-order chi connectivity index (χ0) is 20.5. The van der Waals surface area contributed by atoms with Crippen LogP contribution in [0.4, 0.5) is 13.2 Å². The number of aryl methyl sites for hydroxylation is 1. The van der Waals surface area contributed by atoms with E-state index < -0.39 is 24.4 Å². The molecule has 2 aromatic carbocycles. The first-order valence-corrected chi connectivity index (χ1v) is 8.66. The van der Waals surface area contributed by atoms with Crippen LogP contribution >= 0.6 is 0 Å². The predicted octanol–water partition coefficient (Wildman–Crippen LogP) is 3.74. The number of hydrogen-bond acceptors (Lipinski definition) is 4. The number of ether oxygens (including phenoxy) is 2. The molecule has 0 aromatic heterocycles. The van der Waals surface area contributed by atoms with Crippen molar-refractivity contribution < 1.29 is 32.5 Å². The number of carbonyl (C=O) groups excluding carboxylic acids is 1. The van der Waals surface area contributed by atoms with Crippen molar-refractivity contribution in [3.63, 3.8) is 0 Å². The Morgan fingerprint density at radius 2 is 1.86 bits per heavy atom. The second-order valence-electron chi connectivity index (χ2n) is 6.62. The highest BCUT2D eigenvalue weighted by atomic mass is 19.4. The molecule has 2 atom stereocenters. The molecule has 1 heterocycles. The highest BCUT2D eigenvalue weighted by Gasteiger charge is 2.41. The molecule has 150 valence electrons. The van der Waals surface area contributed by atoms with E-state index in [-0.39, 0.29) is 18.7 Å². The summed E-state index contributed by atoms with van der Waals surface area (Å²) in [5.74, 6) is -0.141. The fraction of sp³-hybridized carbons (Fsp3) is 0.350.